The van der Waals surface area contributed by atoms with E-state index < -0.39 is 0 Å². The first-order valence-electron chi connectivity index (χ1n) is 8.52. The van der Waals surface area contributed by atoms with Gasteiger partial charge in [-0.3, -0.25) is 9.69 Å². The predicted octanol–water partition coefficient (Wildman–Crippen LogP) is 4.25. The van der Waals surface area contributed by atoms with Crippen molar-refractivity contribution in [2.24, 2.45) is 0 Å². The highest BCUT2D eigenvalue weighted by Gasteiger charge is 2.29. The van der Waals surface area contributed by atoms with Crippen LogP contribution in [0, 0.1) is 5.82 Å². The van der Waals surface area contributed by atoms with Crippen molar-refractivity contribution in [1.82, 2.24) is 10.2 Å². The number of likely N-dealkylation sites (N-methyl/N-ethyl adjacent to an activating group) is 1. The molecule has 0 spiro atoms. The van der Waals surface area contributed by atoms with Gasteiger partial charge >= 0.3 is 0 Å². The van der Waals surface area contributed by atoms with Gasteiger partial charge in [-0.25, -0.2) is 4.39 Å². The molecule has 5 nitrogen and oxygen atoms in total. The van der Waals surface area contributed by atoms with Crippen molar-refractivity contribution in [1.29, 1.82) is 0 Å². The van der Waals surface area contributed by atoms with Crippen molar-refractivity contribution in [2.45, 2.75) is 13.5 Å². The van der Waals surface area contributed by atoms with Crippen molar-refractivity contribution < 1.29 is 18.7 Å². The van der Waals surface area contributed by atoms with E-state index in [1.54, 1.807) is 24.3 Å². The van der Waals surface area contributed by atoms with E-state index in [2.05, 4.69) is 21.2 Å². The maximum absolute atomic E-state index is 13.0. The second kappa shape index (κ2) is 8.70. The molecule has 1 saturated heterocycles. The summed E-state index contributed by atoms with van der Waals surface area (Å²) in [6.45, 7) is 2.63. The number of hydrogen-bond acceptors (Lipinski definition) is 4. The summed E-state index contributed by atoms with van der Waals surface area (Å²) in [4.78, 5) is 13.8. The van der Waals surface area contributed by atoms with E-state index in [1.807, 2.05) is 13.0 Å². The molecule has 1 aliphatic rings. The first kappa shape index (κ1) is 20.3. The molecule has 0 aliphatic carbocycles. The molecule has 0 saturated carbocycles. The van der Waals surface area contributed by atoms with Gasteiger partial charge in [0.25, 0.3) is 5.91 Å². The maximum atomic E-state index is 13.0. The average molecular weight is 465 g/mol. The van der Waals surface area contributed by atoms with E-state index in [4.69, 9.17) is 21.7 Å². The van der Waals surface area contributed by atoms with E-state index in [9.17, 15) is 9.18 Å². The van der Waals surface area contributed by atoms with Crippen molar-refractivity contribution in [2.75, 3.05) is 13.7 Å². The fourth-order valence-electron chi connectivity index (χ4n) is 2.72. The Morgan fingerprint density at radius 1 is 1.29 bits per heavy atom. The van der Waals surface area contributed by atoms with Crippen LogP contribution < -0.4 is 14.8 Å². The van der Waals surface area contributed by atoms with Gasteiger partial charge in [0.2, 0.25) is 0 Å². The Kier molecular flexibility index (Phi) is 6.31. The standard InChI is InChI=1S/C20H18BrFN2O3S/c1-3-24-19(25)16(23-20(24)28)9-13-8-15(21)18(17(10-13)26-2)27-11-12-4-6-14(22)7-5-12/h4-10H,3,11H2,1-2H3,(H,23,28)/b16-9-. The number of carbonyl (C=O) groups is 1. The normalized spacial score (nSPS) is 15.1. The summed E-state index contributed by atoms with van der Waals surface area (Å²) in [7, 11) is 1.54. The van der Waals surface area contributed by atoms with Gasteiger partial charge in [0.15, 0.2) is 16.6 Å². The fourth-order valence-corrected chi connectivity index (χ4v) is 3.62. The highest BCUT2D eigenvalue weighted by atomic mass is 79.9. The Hall–Kier alpha value is -2.45. The van der Waals surface area contributed by atoms with E-state index >= 15 is 0 Å². The first-order valence-corrected chi connectivity index (χ1v) is 9.72. The van der Waals surface area contributed by atoms with Crippen LogP contribution in [0.4, 0.5) is 4.39 Å². The molecule has 0 aromatic heterocycles. The Balaban J connectivity index is 1.83. The predicted molar refractivity (Wildman–Crippen MR) is 113 cm³/mol. The molecular formula is C20H18BrFN2O3S. The average Bonchev–Trinajstić information content (AvgIpc) is 2.94. The van der Waals surface area contributed by atoms with E-state index in [1.165, 1.54) is 24.1 Å². The van der Waals surface area contributed by atoms with Crippen LogP contribution in [0.5, 0.6) is 11.5 Å². The lowest BCUT2D eigenvalue weighted by Crippen LogP contribution is -2.30. The third kappa shape index (κ3) is 4.34. The zero-order valence-corrected chi connectivity index (χ0v) is 17.7. The maximum Gasteiger partial charge on any atom is 0.276 e. The van der Waals surface area contributed by atoms with E-state index in [0.29, 0.717) is 33.3 Å². The smallest absolute Gasteiger partial charge is 0.276 e. The second-order valence-electron chi connectivity index (χ2n) is 5.99. The number of methoxy groups -OCH3 is 1. The molecular weight excluding hydrogens is 447 g/mol. The van der Waals surface area contributed by atoms with Gasteiger partial charge in [0, 0.05) is 6.54 Å². The highest BCUT2D eigenvalue weighted by molar-refractivity contribution is 9.10. The van der Waals surface area contributed by atoms with Crippen LogP contribution in [0.25, 0.3) is 6.08 Å². The van der Waals surface area contributed by atoms with E-state index in [-0.39, 0.29) is 18.3 Å². The van der Waals surface area contributed by atoms with Crippen molar-refractivity contribution in [3.63, 3.8) is 0 Å². The molecule has 2 aromatic rings. The molecule has 1 amide bonds. The van der Waals surface area contributed by atoms with Gasteiger partial charge in [-0.2, -0.15) is 0 Å². The van der Waals surface area contributed by atoms with Gasteiger partial charge in [-0.15, -0.1) is 0 Å². The minimum absolute atomic E-state index is 0.167. The SMILES string of the molecule is CCN1C(=O)/C(=C/c2cc(Br)c(OCc3ccc(F)cc3)c(OC)c2)NC1=S. The van der Waals surface area contributed by atoms with Crippen molar-refractivity contribution in [3.05, 3.63) is 63.5 Å². The summed E-state index contributed by atoms with van der Waals surface area (Å²) in [6.07, 6.45) is 1.71. The van der Waals surface area contributed by atoms with Gasteiger partial charge in [-0.05, 0) is 76.5 Å². The molecule has 0 unspecified atom stereocenters. The Morgan fingerprint density at radius 2 is 2.00 bits per heavy atom. The molecule has 2 aromatic carbocycles. The lowest BCUT2D eigenvalue weighted by atomic mass is 10.1. The number of amides is 1. The molecule has 8 heteroatoms. The Labute approximate surface area is 176 Å². The number of ether oxygens (including phenoxy) is 2. The molecule has 1 fully saturated rings. The summed E-state index contributed by atoms with van der Waals surface area (Å²) < 4.78 is 25.0. The number of benzene rings is 2. The third-order valence-electron chi connectivity index (χ3n) is 4.14. The van der Waals surface area contributed by atoms with Crippen LogP contribution in [-0.4, -0.2) is 29.6 Å². The van der Waals surface area contributed by atoms with Gasteiger partial charge in [0.05, 0.1) is 11.6 Å². The second-order valence-corrected chi connectivity index (χ2v) is 7.23. The lowest BCUT2D eigenvalue weighted by Gasteiger charge is -2.14. The minimum Gasteiger partial charge on any atom is -0.493 e. The van der Waals surface area contributed by atoms with Crippen molar-refractivity contribution >= 4 is 45.2 Å². The largest absolute Gasteiger partial charge is 0.493 e. The van der Waals surface area contributed by atoms with Gasteiger partial charge in [-0.1, -0.05) is 12.1 Å². The molecule has 0 bridgehead atoms. The van der Waals surface area contributed by atoms with Crippen LogP contribution >= 0.6 is 28.1 Å². The number of rotatable bonds is 6. The molecule has 28 heavy (non-hydrogen) atoms. The molecule has 3 rings (SSSR count). The lowest BCUT2D eigenvalue weighted by molar-refractivity contribution is -0.122. The Bertz CT molecular complexity index is 947. The molecule has 1 aliphatic heterocycles. The van der Waals surface area contributed by atoms with Crippen LogP contribution in [0.1, 0.15) is 18.1 Å². The molecule has 146 valence electrons. The summed E-state index contributed by atoms with van der Waals surface area (Å²) in [5, 5.41) is 3.32. The molecule has 1 N–H and O–H groups in total. The number of nitrogens with one attached hydrogen (secondary N) is 1. The van der Waals surface area contributed by atoms with Crippen LogP contribution in [-0.2, 0) is 11.4 Å². The zero-order valence-electron chi connectivity index (χ0n) is 15.3. The van der Waals surface area contributed by atoms with Gasteiger partial charge < -0.3 is 14.8 Å². The van der Waals surface area contributed by atoms with Gasteiger partial charge in [0.1, 0.15) is 18.1 Å². The number of nitrogens with zero attached hydrogens (tertiary/aromatic N) is 1. The van der Waals surface area contributed by atoms with Crippen LogP contribution in [0.15, 0.2) is 46.6 Å². The number of halogens is 2. The zero-order chi connectivity index (χ0) is 20.3. The number of hydrogen-bond donors (Lipinski definition) is 1. The summed E-state index contributed by atoms with van der Waals surface area (Å²) in [6, 6.07) is 9.68. The topological polar surface area (TPSA) is 50.8 Å². The Morgan fingerprint density at radius 3 is 2.61 bits per heavy atom. The number of thiocarbonyl (C=S) groups is 1. The summed E-state index contributed by atoms with van der Waals surface area (Å²) >= 11 is 8.66. The molecule has 1 heterocycles. The number of carbonyl (C=O) groups excluding carboxylic acids is 1. The first-order chi connectivity index (χ1) is 13.4. The minimum atomic E-state index is -0.295. The van der Waals surface area contributed by atoms with Crippen molar-refractivity contribution in [3.8, 4) is 11.5 Å². The van der Waals surface area contributed by atoms with E-state index in [0.717, 1.165) is 11.1 Å². The quantitative estimate of drug-likeness (QED) is 0.511. The fraction of sp³-hybridized carbons (Fsp3) is 0.200. The molecule has 0 radical (unpaired) electrons. The monoisotopic (exact) mass is 464 g/mol. The summed E-state index contributed by atoms with van der Waals surface area (Å²) in [5.74, 6) is 0.560. The summed E-state index contributed by atoms with van der Waals surface area (Å²) in [5.41, 5.74) is 1.98. The van der Waals surface area contributed by atoms with Crippen LogP contribution in [0.2, 0.25) is 0 Å². The highest BCUT2D eigenvalue weighted by Crippen LogP contribution is 2.38. The third-order valence-corrected chi connectivity index (χ3v) is 5.05. The molecule has 0 atom stereocenters. The van der Waals surface area contributed by atoms with Crippen LogP contribution in [0.3, 0.4) is 0 Å².